The smallest absolute Gasteiger partial charge is 0.252 e. The molecule has 2 N–H and O–H groups in total. The zero-order chi connectivity index (χ0) is 19.7. The van der Waals surface area contributed by atoms with Gasteiger partial charge in [0.25, 0.3) is 5.91 Å². The van der Waals surface area contributed by atoms with E-state index in [0.29, 0.717) is 10.6 Å². The van der Waals surface area contributed by atoms with Gasteiger partial charge in [-0.2, -0.15) is 0 Å². The Morgan fingerprint density at radius 2 is 1.61 bits per heavy atom. The number of carbonyl (C=O) groups excluding carboxylic acids is 3. The Hall–Kier alpha value is -1.95. The Morgan fingerprint density at radius 1 is 1.00 bits per heavy atom. The lowest BCUT2D eigenvalue weighted by Crippen LogP contribution is -2.34. The van der Waals surface area contributed by atoms with Crippen molar-refractivity contribution in [3.63, 3.8) is 0 Å². The number of hydrogen-bond donors (Lipinski definition) is 1. The van der Waals surface area contributed by atoms with Gasteiger partial charge in [0, 0.05) is 4.88 Å². The number of rotatable bonds is 2. The van der Waals surface area contributed by atoms with E-state index in [9.17, 15) is 14.4 Å². The quantitative estimate of drug-likeness (QED) is 0.470. The number of hydrogen-bond acceptors (Lipinski definition) is 4. The lowest BCUT2D eigenvalue weighted by Gasteiger charge is -2.19. The largest absolute Gasteiger partial charge is 0.365 e. The first-order valence-electron chi connectivity index (χ1n) is 10.4. The van der Waals surface area contributed by atoms with E-state index in [-0.39, 0.29) is 35.5 Å². The van der Waals surface area contributed by atoms with Crippen molar-refractivity contribution in [2.45, 2.75) is 58.8 Å². The van der Waals surface area contributed by atoms with Crippen molar-refractivity contribution in [1.29, 1.82) is 0 Å². The predicted molar refractivity (Wildman–Crippen MR) is 108 cm³/mol. The van der Waals surface area contributed by atoms with Gasteiger partial charge < -0.3 is 5.73 Å². The molecule has 3 amide bonds. The van der Waals surface area contributed by atoms with E-state index in [1.807, 2.05) is 0 Å². The van der Waals surface area contributed by atoms with E-state index in [4.69, 9.17) is 5.73 Å². The Kier molecular flexibility index (Phi) is 4.06. The zero-order valence-corrected chi connectivity index (χ0v) is 17.2. The molecule has 1 aromatic heterocycles. The number of carbonyl (C=O) groups is 3. The predicted octanol–water partition coefficient (Wildman–Crippen LogP) is 3.60. The number of amides is 3. The summed E-state index contributed by atoms with van der Waals surface area (Å²) in [5.41, 5.74) is 9.76. The molecule has 1 aliphatic heterocycles. The van der Waals surface area contributed by atoms with Gasteiger partial charge in [-0.25, -0.2) is 4.90 Å². The molecule has 0 radical (unpaired) electrons. The lowest BCUT2D eigenvalue weighted by molar-refractivity contribution is -0.122. The van der Waals surface area contributed by atoms with Crippen LogP contribution in [0.2, 0.25) is 0 Å². The Balaban J connectivity index is 1.60. The fourth-order valence-corrected chi connectivity index (χ4v) is 7.74. The monoisotopic (exact) mass is 398 g/mol. The fourth-order valence-electron chi connectivity index (χ4n) is 6.33. The van der Waals surface area contributed by atoms with Crippen LogP contribution in [0.3, 0.4) is 0 Å². The number of fused-ring (bicyclic) bond motifs is 6. The van der Waals surface area contributed by atoms with Gasteiger partial charge in [-0.15, -0.1) is 11.3 Å². The van der Waals surface area contributed by atoms with Crippen molar-refractivity contribution in [2.75, 3.05) is 4.90 Å². The molecule has 1 saturated heterocycles. The third-order valence-electron chi connectivity index (χ3n) is 7.28. The SMILES string of the molecule is CC(C)=C1[C@H]2CC[C@@H]1[C@@H]1C(=O)N(c3sc4c(c3C(N)=O)CCCCC4)C(=O)[C@@H]12. The summed E-state index contributed by atoms with van der Waals surface area (Å²) in [6.07, 6.45) is 6.91. The minimum atomic E-state index is -0.514. The average Bonchev–Trinajstić information content (AvgIpc) is 3.32. The van der Waals surface area contributed by atoms with Gasteiger partial charge in [0.1, 0.15) is 5.00 Å². The first-order chi connectivity index (χ1) is 13.4. The van der Waals surface area contributed by atoms with Crippen molar-refractivity contribution < 1.29 is 14.4 Å². The summed E-state index contributed by atoms with van der Waals surface area (Å²) >= 11 is 1.45. The van der Waals surface area contributed by atoms with E-state index >= 15 is 0 Å². The molecule has 28 heavy (non-hydrogen) atoms. The van der Waals surface area contributed by atoms with Crippen LogP contribution in [0.5, 0.6) is 0 Å². The van der Waals surface area contributed by atoms with Gasteiger partial charge in [0.2, 0.25) is 11.8 Å². The van der Waals surface area contributed by atoms with Crippen LogP contribution in [0, 0.1) is 23.7 Å². The maximum atomic E-state index is 13.4. The highest BCUT2D eigenvalue weighted by molar-refractivity contribution is 7.17. The van der Waals surface area contributed by atoms with Crippen molar-refractivity contribution in [3.05, 3.63) is 27.2 Å². The highest BCUT2D eigenvalue weighted by Crippen LogP contribution is 2.61. The standard InChI is InChI=1S/C22H26N2O3S/c1-10(2)15-12-8-9-13(15)17-16(12)20(26)24(21(17)27)22-18(19(23)25)11-6-4-3-5-7-14(11)28-22/h12-13,16-17H,3-9H2,1-2H3,(H2,23,25)/t12-,13+,16-,17+. The van der Waals surface area contributed by atoms with E-state index in [0.717, 1.165) is 55.4 Å². The Morgan fingerprint density at radius 3 is 2.18 bits per heavy atom. The molecular weight excluding hydrogens is 372 g/mol. The molecule has 148 valence electrons. The first-order valence-corrected chi connectivity index (χ1v) is 11.2. The molecule has 5 nitrogen and oxygen atoms in total. The van der Waals surface area contributed by atoms with Crippen LogP contribution in [0.15, 0.2) is 11.1 Å². The van der Waals surface area contributed by atoms with Crippen molar-refractivity contribution >= 4 is 34.1 Å². The molecule has 2 bridgehead atoms. The van der Waals surface area contributed by atoms with Crippen LogP contribution in [-0.4, -0.2) is 17.7 Å². The van der Waals surface area contributed by atoms with Gasteiger partial charge in [-0.05, 0) is 69.8 Å². The van der Waals surface area contributed by atoms with Crippen LogP contribution in [0.1, 0.15) is 66.8 Å². The summed E-state index contributed by atoms with van der Waals surface area (Å²) in [6.45, 7) is 4.19. The maximum Gasteiger partial charge on any atom is 0.252 e. The number of allylic oxidation sites excluding steroid dienone is 2. The minimum Gasteiger partial charge on any atom is -0.365 e. The molecule has 5 rings (SSSR count). The van der Waals surface area contributed by atoms with Gasteiger partial charge in [0.05, 0.1) is 17.4 Å². The van der Waals surface area contributed by atoms with Gasteiger partial charge in [0.15, 0.2) is 0 Å². The van der Waals surface area contributed by atoms with Crippen LogP contribution in [-0.2, 0) is 22.4 Å². The number of thiophene rings is 1. The zero-order valence-electron chi connectivity index (χ0n) is 16.4. The number of aryl methyl sites for hydroxylation is 1. The Bertz CT molecular complexity index is 908. The van der Waals surface area contributed by atoms with Crippen LogP contribution in [0.25, 0.3) is 0 Å². The van der Waals surface area contributed by atoms with E-state index in [1.165, 1.54) is 27.4 Å². The van der Waals surface area contributed by atoms with Crippen molar-refractivity contribution in [3.8, 4) is 0 Å². The molecule has 3 aliphatic carbocycles. The molecule has 3 fully saturated rings. The summed E-state index contributed by atoms with van der Waals surface area (Å²) in [5, 5.41) is 0.502. The molecule has 6 heteroatoms. The normalized spacial score (nSPS) is 31.2. The third kappa shape index (κ3) is 2.27. The molecule has 4 atom stereocenters. The molecule has 4 aliphatic rings. The minimum absolute atomic E-state index is 0.111. The number of imide groups is 1. The topological polar surface area (TPSA) is 80.5 Å². The van der Waals surface area contributed by atoms with Gasteiger partial charge in [-0.3, -0.25) is 14.4 Å². The van der Waals surface area contributed by atoms with Crippen molar-refractivity contribution in [2.24, 2.45) is 29.4 Å². The molecular formula is C22H26N2O3S. The molecule has 0 unspecified atom stereocenters. The summed E-state index contributed by atoms with van der Waals surface area (Å²) in [6, 6.07) is 0. The molecule has 2 saturated carbocycles. The van der Waals surface area contributed by atoms with Crippen LogP contribution < -0.4 is 10.6 Å². The van der Waals surface area contributed by atoms with Crippen molar-refractivity contribution in [1.82, 2.24) is 0 Å². The summed E-state index contributed by atoms with van der Waals surface area (Å²) in [5.74, 6) is -0.857. The number of anilines is 1. The number of nitrogens with zero attached hydrogens (tertiary/aromatic N) is 1. The average molecular weight is 399 g/mol. The fraction of sp³-hybridized carbons (Fsp3) is 0.591. The summed E-state index contributed by atoms with van der Waals surface area (Å²) in [7, 11) is 0. The second-order valence-electron chi connectivity index (χ2n) is 8.92. The summed E-state index contributed by atoms with van der Waals surface area (Å²) in [4.78, 5) is 41.7. The first kappa shape index (κ1) is 18.1. The molecule has 0 spiro atoms. The Labute approximate surface area is 169 Å². The van der Waals surface area contributed by atoms with Gasteiger partial charge >= 0.3 is 0 Å². The van der Waals surface area contributed by atoms with E-state index < -0.39 is 5.91 Å². The second kappa shape index (κ2) is 6.28. The lowest BCUT2D eigenvalue weighted by atomic mass is 9.81. The second-order valence-corrected chi connectivity index (χ2v) is 10.0. The third-order valence-corrected chi connectivity index (χ3v) is 8.56. The van der Waals surface area contributed by atoms with Crippen LogP contribution >= 0.6 is 11.3 Å². The number of primary amides is 1. The maximum absolute atomic E-state index is 13.4. The van der Waals surface area contributed by atoms with E-state index in [2.05, 4.69) is 13.8 Å². The van der Waals surface area contributed by atoms with Crippen LogP contribution in [0.4, 0.5) is 5.00 Å². The molecule has 1 aromatic rings. The summed E-state index contributed by atoms with van der Waals surface area (Å²) < 4.78 is 0. The highest BCUT2D eigenvalue weighted by Gasteiger charge is 2.64. The highest BCUT2D eigenvalue weighted by atomic mass is 32.1. The van der Waals surface area contributed by atoms with E-state index in [1.54, 1.807) is 0 Å². The molecule has 0 aromatic carbocycles. The molecule has 2 heterocycles. The number of nitrogens with two attached hydrogens (primary N) is 1. The van der Waals surface area contributed by atoms with Gasteiger partial charge in [-0.1, -0.05) is 17.6 Å².